The number of sulfonamides is 1. The van der Waals surface area contributed by atoms with E-state index in [4.69, 9.17) is 4.42 Å². The molecule has 1 aromatic carbocycles. The number of furan rings is 1. The lowest BCUT2D eigenvalue weighted by Crippen LogP contribution is -2.42. The second kappa shape index (κ2) is 8.27. The van der Waals surface area contributed by atoms with E-state index in [-0.39, 0.29) is 17.9 Å². The first-order valence-electron chi connectivity index (χ1n) is 9.31. The highest BCUT2D eigenvalue weighted by atomic mass is 32.2. The molecule has 6 nitrogen and oxygen atoms in total. The largest absolute Gasteiger partial charge is 0.464 e. The molecule has 0 bridgehead atoms. The third kappa shape index (κ3) is 4.99. The van der Waals surface area contributed by atoms with E-state index in [0.717, 1.165) is 17.0 Å². The molecule has 0 spiro atoms. The molecule has 3 rings (SSSR count). The molecule has 1 aromatic heterocycles. The summed E-state index contributed by atoms with van der Waals surface area (Å²) in [6.45, 7) is 3.33. The fraction of sp³-hybridized carbons (Fsp3) is 0.450. The van der Waals surface area contributed by atoms with Crippen molar-refractivity contribution >= 4 is 21.6 Å². The summed E-state index contributed by atoms with van der Waals surface area (Å²) in [5.41, 5.74) is 1.64. The molecule has 0 unspecified atom stereocenters. The van der Waals surface area contributed by atoms with Crippen molar-refractivity contribution in [2.45, 2.75) is 50.8 Å². The number of hydrogen-bond donors (Lipinski definition) is 2. The van der Waals surface area contributed by atoms with Crippen LogP contribution in [0.25, 0.3) is 11.3 Å². The Balaban J connectivity index is 1.55. The van der Waals surface area contributed by atoms with Gasteiger partial charge in [0.1, 0.15) is 5.76 Å². The van der Waals surface area contributed by atoms with E-state index in [2.05, 4.69) is 10.0 Å². The number of amides is 1. The Hall–Kier alpha value is -2.12. The second-order valence-corrected chi connectivity index (χ2v) is 9.58. The third-order valence-corrected chi connectivity index (χ3v) is 6.89. The molecule has 1 aliphatic carbocycles. The van der Waals surface area contributed by atoms with Gasteiger partial charge >= 0.3 is 0 Å². The van der Waals surface area contributed by atoms with E-state index in [1.807, 2.05) is 36.4 Å². The third-order valence-electron chi connectivity index (χ3n) is 4.99. The quantitative estimate of drug-likeness (QED) is 0.786. The minimum Gasteiger partial charge on any atom is -0.464 e. The lowest BCUT2D eigenvalue weighted by molar-refractivity contribution is -0.120. The summed E-state index contributed by atoms with van der Waals surface area (Å²) in [5.74, 6) is 0.637. The first kappa shape index (κ1) is 19.6. The van der Waals surface area contributed by atoms with Crippen molar-refractivity contribution in [3.8, 4) is 11.3 Å². The molecule has 0 saturated heterocycles. The van der Waals surface area contributed by atoms with Gasteiger partial charge in [-0.1, -0.05) is 12.1 Å². The lowest BCUT2D eigenvalue weighted by Gasteiger charge is -2.28. The molecule has 2 aromatic rings. The Morgan fingerprint density at radius 3 is 2.48 bits per heavy atom. The Bertz CT molecular complexity index is 867. The fourth-order valence-electron chi connectivity index (χ4n) is 3.28. The van der Waals surface area contributed by atoms with Gasteiger partial charge in [0.25, 0.3) is 0 Å². The molecule has 1 aliphatic rings. The zero-order valence-electron chi connectivity index (χ0n) is 15.6. The van der Waals surface area contributed by atoms with Crippen molar-refractivity contribution in [2.24, 2.45) is 5.92 Å². The summed E-state index contributed by atoms with van der Waals surface area (Å²) >= 11 is 0. The molecule has 2 N–H and O–H groups in total. The number of carbonyl (C=O) groups excluding carboxylic acids is 1. The highest BCUT2D eigenvalue weighted by Crippen LogP contribution is 2.28. The highest BCUT2D eigenvalue weighted by Gasteiger charge is 2.29. The van der Waals surface area contributed by atoms with Crippen LogP contribution in [0.3, 0.4) is 0 Å². The Labute approximate surface area is 160 Å². The first-order chi connectivity index (χ1) is 12.8. The van der Waals surface area contributed by atoms with Crippen LogP contribution in [0.2, 0.25) is 0 Å². The number of rotatable bonds is 6. The molecule has 0 aliphatic heterocycles. The van der Waals surface area contributed by atoms with Gasteiger partial charge in [-0.3, -0.25) is 4.79 Å². The molecule has 7 heteroatoms. The van der Waals surface area contributed by atoms with Gasteiger partial charge in [-0.25, -0.2) is 13.1 Å². The monoisotopic (exact) mass is 390 g/mol. The van der Waals surface area contributed by atoms with Crippen molar-refractivity contribution in [3.63, 3.8) is 0 Å². The molecule has 1 fully saturated rings. The van der Waals surface area contributed by atoms with Crippen LogP contribution in [-0.4, -0.2) is 25.6 Å². The van der Waals surface area contributed by atoms with Crippen molar-refractivity contribution < 1.29 is 17.6 Å². The Kier molecular flexibility index (Phi) is 6.01. The van der Waals surface area contributed by atoms with Gasteiger partial charge in [0, 0.05) is 23.2 Å². The summed E-state index contributed by atoms with van der Waals surface area (Å²) < 4.78 is 32.1. The van der Waals surface area contributed by atoms with E-state index in [9.17, 15) is 13.2 Å². The van der Waals surface area contributed by atoms with Crippen LogP contribution in [0.5, 0.6) is 0 Å². The van der Waals surface area contributed by atoms with Gasteiger partial charge in [-0.15, -0.1) is 0 Å². The van der Waals surface area contributed by atoms with Gasteiger partial charge in [0.15, 0.2) is 0 Å². The minimum atomic E-state index is -3.27. The summed E-state index contributed by atoms with van der Waals surface area (Å²) in [4.78, 5) is 12.6. The van der Waals surface area contributed by atoms with E-state index in [0.29, 0.717) is 25.7 Å². The number of carbonyl (C=O) groups is 1. The normalized spacial score (nSPS) is 20.6. The van der Waals surface area contributed by atoms with E-state index < -0.39 is 15.3 Å². The molecule has 0 atom stereocenters. The topological polar surface area (TPSA) is 88.4 Å². The first-order valence-corrected chi connectivity index (χ1v) is 10.9. The molecular weight excluding hydrogens is 364 g/mol. The number of benzene rings is 1. The summed E-state index contributed by atoms with van der Waals surface area (Å²) in [7, 11) is -3.27. The van der Waals surface area contributed by atoms with E-state index in [1.54, 1.807) is 20.1 Å². The van der Waals surface area contributed by atoms with Crippen molar-refractivity contribution in [3.05, 3.63) is 42.7 Å². The highest BCUT2D eigenvalue weighted by molar-refractivity contribution is 7.90. The van der Waals surface area contributed by atoms with Crippen LogP contribution in [0.15, 0.2) is 47.1 Å². The van der Waals surface area contributed by atoms with Crippen molar-refractivity contribution in [1.82, 2.24) is 4.72 Å². The Morgan fingerprint density at radius 1 is 1.11 bits per heavy atom. The second-order valence-electron chi connectivity index (χ2n) is 7.31. The predicted molar refractivity (Wildman–Crippen MR) is 106 cm³/mol. The summed E-state index contributed by atoms with van der Waals surface area (Å²) in [5, 5.41) is 2.53. The Morgan fingerprint density at radius 2 is 1.85 bits per heavy atom. The van der Waals surface area contributed by atoms with Gasteiger partial charge in [-0.2, -0.15) is 0 Å². The van der Waals surface area contributed by atoms with Gasteiger partial charge in [0.05, 0.1) is 11.5 Å². The molecule has 1 amide bonds. The lowest BCUT2D eigenvalue weighted by atomic mass is 9.86. The fourth-order valence-corrected chi connectivity index (χ4v) is 4.25. The maximum absolute atomic E-state index is 12.6. The minimum absolute atomic E-state index is 0.0169. The average Bonchev–Trinajstić information content (AvgIpc) is 3.17. The van der Waals surface area contributed by atoms with E-state index in [1.165, 1.54) is 0 Å². The van der Waals surface area contributed by atoms with Gasteiger partial charge < -0.3 is 9.73 Å². The van der Waals surface area contributed by atoms with Gasteiger partial charge in [-0.05, 0) is 63.8 Å². The summed E-state index contributed by atoms with van der Waals surface area (Å²) in [6, 6.07) is 11.2. The zero-order chi connectivity index (χ0) is 19.4. The standard InChI is InChI=1S/C20H26N2O4S/c1-14(2)27(24,25)22-17-10-8-15(9-11-17)20(23)21-18-6-3-5-16(13-18)19-7-4-12-26-19/h3-7,12-15,17,22H,8-11H2,1-2H3,(H,21,23). The molecule has 0 radical (unpaired) electrons. The number of hydrogen-bond acceptors (Lipinski definition) is 4. The van der Waals surface area contributed by atoms with Gasteiger partial charge in [0.2, 0.25) is 15.9 Å². The number of anilines is 1. The van der Waals surface area contributed by atoms with Crippen LogP contribution in [0.4, 0.5) is 5.69 Å². The maximum atomic E-state index is 12.6. The predicted octanol–water partition coefficient (Wildman–Crippen LogP) is 3.77. The van der Waals surface area contributed by atoms with Crippen LogP contribution >= 0.6 is 0 Å². The molecule has 146 valence electrons. The van der Waals surface area contributed by atoms with Crippen molar-refractivity contribution in [2.75, 3.05) is 5.32 Å². The van der Waals surface area contributed by atoms with Crippen LogP contribution in [0.1, 0.15) is 39.5 Å². The smallest absolute Gasteiger partial charge is 0.227 e. The molecule has 27 heavy (non-hydrogen) atoms. The molecule has 1 heterocycles. The van der Waals surface area contributed by atoms with Crippen LogP contribution < -0.4 is 10.0 Å². The number of nitrogens with one attached hydrogen (secondary N) is 2. The maximum Gasteiger partial charge on any atom is 0.227 e. The SMILES string of the molecule is CC(C)S(=O)(=O)NC1CCC(C(=O)Nc2cccc(-c3ccco3)c2)CC1. The molecule has 1 saturated carbocycles. The van der Waals surface area contributed by atoms with E-state index >= 15 is 0 Å². The van der Waals surface area contributed by atoms with Crippen LogP contribution in [-0.2, 0) is 14.8 Å². The average molecular weight is 391 g/mol. The zero-order valence-corrected chi connectivity index (χ0v) is 16.5. The van der Waals surface area contributed by atoms with Crippen molar-refractivity contribution in [1.29, 1.82) is 0 Å². The summed E-state index contributed by atoms with van der Waals surface area (Å²) in [6.07, 6.45) is 4.32. The molecular formula is C20H26N2O4S. The van der Waals surface area contributed by atoms with Crippen LogP contribution in [0, 0.1) is 5.92 Å².